The van der Waals surface area contributed by atoms with E-state index in [2.05, 4.69) is 21.6 Å². The number of carbonyl (C=O) groups excluding carboxylic acids is 7. The van der Waals surface area contributed by atoms with Gasteiger partial charge in [-0.15, -0.1) is 0 Å². The Morgan fingerprint density at radius 2 is 1.35 bits per heavy atom. The zero-order chi connectivity index (χ0) is 45.8. The number of nitrogens with zero attached hydrogens (tertiary/aromatic N) is 5. The highest BCUT2D eigenvalue weighted by molar-refractivity contribution is 5.97. The molecule has 0 aromatic heterocycles. The van der Waals surface area contributed by atoms with Crippen LogP contribution in [0.15, 0.2) is 0 Å². The number of aliphatic hydroxyl groups excluding tert-OH is 1. The van der Waals surface area contributed by atoms with E-state index in [0.29, 0.717) is 38.5 Å². The molecule has 0 radical (unpaired) electrons. The summed E-state index contributed by atoms with van der Waals surface area (Å²) in [5.74, 6) is -11.2. The third-order valence-electron chi connectivity index (χ3n) is 12.7. The number of esters is 1. The summed E-state index contributed by atoms with van der Waals surface area (Å²) < 4.78 is 11.8. The Morgan fingerprint density at radius 1 is 0.823 bits per heavy atom. The van der Waals surface area contributed by atoms with Crippen molar-refractivity contribution >= 4 is 41.4 Å². The Kier molecular flexibility index (Phi) is 15.9. The highest BCUT2D eigenvalue weighted by atomic mass is 16.6. The summed E-state index contributed by atoms with van der Waals surface area (Å²) in [6, 6.07) is -8.40. The molecule has 5 saturated heterocycles. The first-order chi connectivity index (χ1) is 29.2. The molecule has 0 bridgehead atoms. The molecule has 23 heteroatoms. The lowest BCUT2D eigenvalue weighted by atomic mass is 9.80. The Balaban J connectivity index is 1.60. The number of hydrazine groups is 3. The standard InChI is InChI=1S/C39H65N9O14/c1-7-23-15-16-39(58,62-27(23)8-2)38(6,57)37(56)43-29-31(21(3)4)61-36(55)30(22(5)49)48(60)34(53)26-14-11-18-41-46(26)33(52)25-13-10-17-40-45(25)28(50)20-44(59)32(51)24-12-9-19-42-47(24)35(29)54/h21-27,29-31,40-42,49,57-60H,7-20H2,1-6H3,(H,43,56)/t22-,23-,24+,25+,26-,27+,29-,30+,31-,38+,39+/m0/s1. The van der Waals surface area contributed by atoms with E-state index >= 15 is 0 Å². The number of hydrogen-bond donors (Lipinski definition) is 9. The topological polar surface area (TPSA) is 303 Å². The Labute approximate surface area is 360 Å². The van der Waals surface area contributed by atoms with Crippen LogP contribution in [0, 0.1) is 11.8 Å². The predicted octanol–water partition coefficient (Wildman–Crippen LogP) is -2.22. The van der Waals surface area contributed by atoms with Gasteiger partial charge in [-0.1, -0.05) is 34.1 Å². The van der Waals surface area contributed by atoms with Gasteiger partial charge in [-0.05, 0) is 77.0 Å². The number of hydroxylamine groups is 4. The van der Waals surface area contributed by atoms with Crippen molar-refractivity contribution in [1.29, 1.82) is 0 Å². The van der Waals surface area contributed by atoms with Crippen LogP contribution in [0.2, 0.25) is 0 Å². The zero-order valence-corrected chi connectivity index (χ0v) is 36.3. The summed E-state index contributed by atoms with van der Waals surface area (Å²) in [4.78, 5) is 99.5. The molecule has 5 aliphatic heterocycles. The normalized spacial score (nSPS) is 34.3. The van der Waals surface area contributed by atoms with Crippen LogP contribution in [0.4, 0.5) is 0 Å². The van der Waals surface area contributed by atoms with Crippen molar-refractivity contribution in [2.24, 2.45) is 11.8 Å². The maximum Gasteiger partial charge on any atom is 0.334 e. The Morgan fingerprint density at radius 3 is 1.89 bits per heavy atom. The van der Waals surface area contributed by atoms with Gasteiger partial charge in [0.25, 0.3) is 35.4 Å². The van der Waals surface area contributed by atoms with Gasteiger partial charge in [-0.2, -0.15) is 0 Å². The summed E-state index contributed by atoms with van der Waals surface area (Å²) in [5, 5.41) is 62.3. The lowest BCUT2D eigenvalue weighted by Gasteiger charge is -2.48. The lowest BCUT2D eigenvalue weighted by molar-refractivity contribution is -0.328. The molecule has 0 aromatic rings. The fourth-order valence-corrected chi connectivity index (χ4v) is 8.94. The first-order valence-electron chi connectivity index (χ1n) is 21.7. The van der Waals surface area contributed by atoms with Gasteiger partial charge in [-0.3, -0.25) is 54.2 Å². The molecule has 0 unspecified atom stereocenters. The van der Waals surface area contributed by atoms with Crippen LogP contribution in [0.25, 0.3) is 0 Å². The number of carbonyl (C=O) groups is 7. The van der Waals surface area contributed by atoms with Gasteiger partial charge in [0.2, 0.25) is 5.79 Å². The van der Waals surface area contributed by atoms with Gasteiger partial charge in [0, 0.05) is 26.1 Å². The first kappa shape index (κ1) is 49.0. The van der Waals surface area contributed by atoms with E-state index in [4.69, 9.17) is 9.47 Å². The fourth-order valence-electron chi connectivity index (χ4n) is 8.94. The maximum absolute atomic E-state index is 14.9. The second-order valence-electron chi connectivity index (χ2n) is 17.4. The van der Waals surface area contributed by atoms with E-state index in [1.54, 1.807) is 0 Å². The van der Waals surface area contributed by atoms with Gasteiger partial charge in [0.15, 0.2) is 11.6 Å². The highest BCUT2D eigenvalue weighted by Crippen LogP contribution is 2.40. The van der Waals surface area contributed by atoms with Crippen molar-refractivity contribution in [3.63, 3.8) is 0 Å². The SMILES string of the molecule is CC[C@H]1CC[C@](O)([C@](C)(O)C(=O)N[C@@H]2C(=O)N3NCCC[C@@H]3C(=O)N(O)CC(=O)N3NCCC[C@@H]3C(=O)N3NCCC[C@H]3C(=O)N(O)[C@H]([C@H](C)O)C(=O)O[C@H]2C(C)C)O[C@@H]1CC. The predicted molar refractivity (Wildman–Crippen MR) is 212 cm³/mol. The molecule has 5 aliphatic rings. The second-order valence-corrected chi connectivity index (χ2v) is 17.4. The molecule has 62 heavy (non-hydrogen) atoms. The summed E-state index contributed by atoms with van der Waals surface area (Å²) in [5.41, 5.74) is 5.70. The summed E-state index contributed by atoms with van der Waals surface area (Å²) in [6.45, 7) is 8.46. The molecular formula is C39H65N9O14. The summed E-state index contributed by atoms with van der Waals surface area (Å²) >= 11 is 0. The maximum atomic E-state index is 14.9. The quantitative estimate of drug-likeness (QED) is 0.0966. The van der Waals surface area contributed by atoms with Crippen LogP contribution < -0.4 is 21.6 Å². The molecule has 5 fully saturated rings. The van der Waals surface area contributed by atoms with Crippen LogP contribution >= 0.6 is 0 Å². The summed E-state index contributed by atoms with van der Waals surface area (Å²) in [6.07, 6.45) is -1.65. The molecule has 23 nitrogen and oxygen atoms in total. The smallest absolute Gasteiger partial charge is 0.334 e. The van der Waals surface area contributed by atoms with Gasteiger partial charge in [-0.25, -0.2) is 31.2 Å². The average molecular weight is 884 g/mol. The van der Waals surface area contributed by atoms with Crippen LogP contribution in [-0.2, 0) is 43.0 Å². The number of rotatable bonds is 7. The van der Waals surface area contributed by atoms with E-state index in [9.17, 15) is 59.3 Å². The third-order valence-corrected chi connectivity index (χ3v) is 12.7. The Bertz CT molecular complexity index is 1690. The minimum absolute atomic E-state index is 0.0151. The first-order valence-corrected chi connectivity index (χ1v) is 21.7. The molecule has 0 aromatic carbocycles. The molecular weight excluding hydrogens is 818 g/mol. The minimum atomic E-state index is -2.74. The minimum Gasteiger partial charge on any atom is -0.458 e. The summed E-state index contributed by atoms with van der Waals surface area (Å²) in [7, 11) is 0. The van der Waals surface area contributed by atoms with Gasteiger partial charge < -0.3 is 30.1 Å². The van der Waals surface area contributed by atoms with Crippen molar-refractivity contribution in [3.8, 4) is 0 Å². The Hall–Kier alpha value is -4.07. The largest absolute Gasteiger partial charge is 0.458 e. The van der Waals surface area contributed by atoms with Crippen molar-refractivity contribution in [2.75, 3.05) is 26.2 Å². The number of hydrogen-bond acceptors (Lipinski definition) is 17. The van der Waals surface area contributed by atoms with E-state index in [1.807, 2.05) is 13.8 Å². The van der Waals surface area contributed by atoms with Crippen LogP contribution in [-0.4, -0.2) is 178 Å². The van der Waals surface area contributed by atoms with E-state index < -0.39 is 114 Å². The lowest BCUT2D eigenvalue weighted by Crippen LogP contribution is -2.70. The number of nitrogens with one attached hydrogen (secondary N) is 4. The second kappa shape index (κ2) is 20.2. The zero-order valence-electron chi connectivity index (χ0n) is 36.3. The highest BCUT2D eigenvalue weighted by Gasteiger charge is 2.58. The van der Waals surface area contributed by atoms with Crippen molar-refractivity contribution in [3.05, 3.63) is 0 Å². The molecule has 0 saturated carbocycles. The van der Waals surface area contributed by atoms with E-state index in [-0.39, 0.29) is 61.4 Å². The monoisotopic (exact) mass is 883 g/mol. The van der Waals surface area contributed by atoms with Crippen LogP contribution in [0.5, 0.6) is 0 Å². The van der Waals surface area contributed by atoms with Crippen molar-refractivity contribution in [2.45, 2.75) is 166 Å². The molecule has 5 rings (SSSR count). The van der Waals surface area contributed by atoms with Crippen LogP contribution in [0.3, 0.4) is 0 Å². The molecule has 0 aliphatic carbocycles. The number of aliphatic hydroxyl groups is 3. The number of amides is 6. The number of cyclic esters (lactones) is 1. The molecule has 350 valence electrons. The fraction of sp³-hybridized carbons (Fsp3) is 0.821. The van der Waals surface area contributed by atoms with Crippen molar-refractivity contribution in [1.82, 2.24) is 46.7 Å². The number of fused-ring (bicyclic) bond motifs is 3. The van der Waals surface area contributed by atoms with Crippen LogP contribution in [0.1, 0.15) is 106 Å². The van der Waals surface area contributed by atoms with Gasteiger partial charge in [0.1, 0.15) is 36.8 Å². The van der Waals surface area contributed by atoms with Crippen molar-refractivity contribution < 1.29 is 68.8 Å². The number of ether oxygens (including phenoxy) is 2. The van der Waals surface area contributed by atoms with E-state index in [0.717, 1.165) is 28.9 Å². The third kappa shape index (κ3) is 9.84. The molecule has 0 spiro atoms. The average Bonchev–Trinajstić information content (AvgIpc) is 3.25. The van der Waals surface area contributed by atoms with Gasteiger partial charge >= 0.3 is 5.97 Å². The molecule has 5 heterocycles. The van der Waals surface area contributed by atoms with E-state index in [1.165, 1.54) is 13.8 Å². The molecule has 11 atom stereocenters. The molecule has 9 N–H and O–H groups in total. The van der Waals surface area contributed by atoms with Gasteiger partial charge in [0.05, 0.1) is 12.2 Å². The molecule has 6 amide bonds.